The molecule has 1 N–H and O–H groups in total. The standard InChI is InChI=1S/C14H19BrN4O/c1-3-6-19-10-12(15)7-13(19)14(20)16-5-4-11-8-17-18(2)9-11/h7-10H,3-6H2,1-2H3,(H,16,20). The number of hydrogen-bond acceptors (Lipinski definition) is 2. The summed E-state index contributed by atoms with van der Waals surface area (Å²) in [6.45, 7) is 3.55. The van der Waals surface area contributed by atoms with Crippen molar-refractivity contribution in [3.05, 3.63) is 40.4 Å². The maximum atomic E-state index is 12.2. The van der Waals surface area contributed by atoms with Gasteiger partial charge >= 0.3 is 0 Å². The lowest BCUT2D eigenvalue weighted by Crippen LogP contribution is -2.27. The zero-order chi connectivity index (χ0) is 14.5. The number of hydrogen-bond donors (Lipinski definition) is 1. The van der Waals surface area contributed by atoms with Gasteiger partial charge in [-0.2, -0.15) is 5.10 Å². The van der Waals surface area contributed by atoms with Gasteiger partial charge in [-0.05, 0) is 40.4 Å². The molecule has 0 fully saturated rings. The van der Waals surface area contributed by atoms with Crippen molar-refractivity contribution in [3.8, 4) is 0 Å². The second-order valence-electron chi connectivity index (χ2n) is 4.77. The molecule has 0 radical (unpaired) electrons. The molecule has 0 atom stereocenters. The predicted molar refractivity (Wildman–Crippen MR) is 81.7 cm³/mol. The van der Waals surface area contributed by atoms with E-state index in [0.29, 0.717) is 12.2 Å². The molecule has 2 rings (SSSR count). The molecule has 0 aliphatic rings. The molecule has 0 aliphatic heterocycles. The summed E-state index contributed by atoms with van der Waals surface area (Å²) in [5.74, 6) is -0.0342. The lowest BCUT2D eigenvalue weighted by molar-refractivity contribution is 0.0944. The van der Waals surface area contributed by atoms with Crippen molar-refractivity contribution >= 4 is 21.8 Å². The maximum absolute atomic E-state index is 12.2. The Labute approximate surface area is 127 Å². The number of aromatic nitrogens is 3. The van der Waals surface area contributed by atoms with Gasteiger partial charge in [0.25, 0.3) is 5.91 Å². The maximum Gasteiger partial charge on any atom is 0.267 e. The van der Waals surface area contributed by atoms with E-state index in [1.807, 2.05) is 36.3 Å². The van der Waals surface area contributed by atoms with Crippen LogP contribution in [0.3, 0.4) is 0 Å². The van der Waals surface area contributed by atoms with Gasteiger partial charge < -0.3 is 9.88 Å². The molecule has 0 saturated heterocycles. The quantitative estimate of drug-likeness (QED) is 0.878. The Kier molecular flexibility index (Phi) is 5.00. The molecule has 0 saturated carbocycles. The Morgan fingerprint density at radius 3 is 2.90 bits per heavy atom. The summed E-state index contributed by atoms with van der Waals surface area (Å²) in [7, 11) is 1.89. The first-order valence-corrected chi connectivity index (χ1v) is 7.51. The van der Waals surface area contributed by atoms with Crippen LogP contribution in [0, 0.1) is 0 Å². The predicted octanol–water partition coefficient (Wildman–Crippen LogP) is 2.37. The van der Waals surface area contributed by atoms with Gasteiger partial charge in [0.1, 0.15) is 5.69 Å². The number of amides is 1. The van der Waals surface area contributed by atoms with Crippen LogP contribution >= 0.6 is 15.9 Å². The van der Waals surface area contributed by atoms with Gasteiger partial charge in [0, 0.05) is 37.0 Å². The van der Waals surface area contributed by atoms with E-state index < -0.39 is 0 Å². The largest absolute Gasteiger partial charge is 0.350 e. The fourth-order valence-electron chi connectivity index (χ4n) is 2.10. The smallest absolute Gasteiger partial charge is 0.267 e. The highest BCUT2D eigenvalue weighted by atomic mass is 79.9. The van der Waals surface area contributed by atoms with Gasteiger partial charge in [0.15, 0.2) is 0 Å². The van der Waals surface area contributed by atoms with Crippen LogP contribution in [0.1, 0.15) is 29.4 Å². The number of nitrogens with one attached hydrogen (secondary N) is 1. The average Bonchev–Trinajstić information content (AvgIpc) is 2.96. The van der Waals surface area contributed by atoms with Gasteiger partial charge in [-0.25, -0.2) is 0 Å². The third kappa shape index (κ3) is 3.72. The van der Waals surface area contributed by atoms with E-state index in [9.17, 15) is 4.79 Å². The number of carbonyl (C=O) groups is 1. The van der Waals surface area contributed by atoms with Crippen LogP contribution in [0.15, 0.2) is 29.1 Å². The van der Waals surface area contributed by atoms with Crippen molar-refractivity contribution in [1.82, 2.24) is 19.7 Å². The van der Waals surface area contributed by atoms with Gasteiger partial charge in [-0.1, -0.05) is 6.92 Å². The Bertz CT molecular complexity index is 588. The Hall–Kier alpha value is -1.56. The molecule has 1 amide bonds. The fourth-order valence-corrected chi connectivity index (χ4v) is 2.57. The molecule has 20 heavy (non-hydrogen) atoms. The summed E-state index contributed by atoms with van der Waals surface area (Å²) < 4.78 is 4.67. The molecule has 0 bridgehead atoms. The monoisotopic (exact) mass is 338 g/mol. The molecule has 0 aliphatic carbocycles. The summed E-state index contributed by atoms with van der Waals surface area (Å²) in [5.41, 5.74) is 1.82. The van der Waals surface area contributed by atoms with E-state index in [2.05, 4.69) is 33.3 Å². The molecule has 0 spiro atoms. The summed E-state index contributed by atoms with van der Waals surface area (Å²) >= 11 is 3.42. The van der Waals surface area contributed by atoms with Crippen molar-refractivity contribution in [2.24, 2.45) is 7.05 Å². The highest BCUT2D eigenvalue weighted by Crippen LogP contribution is 2.15. The van der Waals surface area contributed by atoms with Crippen LogP contribution in [0.2, 0.25) is 0 Å². The first kappa shape index (κ1) is 14.8. The average molecular weight is 339 g/mol. The molecule has 2 heterocycles. The lowest BCUT2D eigenvalue weighted by Gasteiger charge is -2.08. The number of nitrogens with zero attached hydrogens (tertiary/aromatic N) is 3. The number of carbonyl (C=O) groups excluding carboxylic acids is 1. The molecule has 5 nitrogen and oxygen atoms in total. The fraction of sp³-hybridized carbons (Fsp3) is 0.429. The van der Waals surface area contributed by atoms with Crippen LogP contribution in [0.4, 0.5) is 0 Å². The minimum Gasteiger partial charge on any atom is -0.350 e. The van der Waals surface area contributed by atoms with Gasteiger partial charge in [-0.3, -0.25) is 9.48 Å². The minimum absolute atomic E-state index is 0.0342. The zero-order valence-electron chi connectivity index (χ0n) is 11.8. The van der Waals surface area contributed by atoms with Crippen LogP contribution in [0.5, 0.6) is 0 Å². The Balaban J connectivity index is 1.91. The zero-order valence-corrected chi connectivity index (χ0v) is 13.4. The van der Waals surface area contributed by atoms with Crippen molar-refractivity contribution in [2.75, 3.05) is 6.54 Å². The normalized spacial score (nSPS) is 10.8. The van der Waals surface area contributed by atoms with E-state index in [1.165, 1.54) is 0 Å². The van der Waals surface area contributed by atoms with Crippen molar-refractivity contribution in [2.45, 2.75) is 26.3 Å². The summed E-state index contributed by atoms with van der Waals surface area (Å²) in [5, 5.41) is 7.06. The third-order valence-electron chi connectivity index (χ3n) is 3.02. The van der Waals surface area contributed by atoms with Gasteiger partial charge in [-0.15, -0.1) is 0 Å². The lowest BCUT2D eigenvalue weighted by atomic mass is 10.2. The molecule has 0 aromatic carbocycles. The molecule has 0 unspecified atom stereocenters. The molecular formula is C14H19BrN4O. The van der Waals surface area contributed by atoms with Crippen LogP contribution < -0.4 is 5.32 Å². The second kappa shape index (κ2) is 6.74. The molecule has 6 heteroatoms. The highest BCUT2D eigenvalue weighted by molar-refractivity contribution is 9.10. The number of aryl methyl sites for hydroxylation is 2. The van der Waals surface area contributed by atoms with E-state index in [0.717, 1.165) is 29.4 Å². The Morgan fingerprint density at radius 1 is 1.45 bits per heavy atom. The first-order valence-electron chi connectivity index (χ1n) is 6.71. The molecule has 108 valence electrons. The summed E-state index contributed by atoms with van der Waals surface area (Å²) in [6, 6.07) is 1.86. The molecular weight excluding hydrogens is 320 g/mol. The third-order valence-corrected chi connectivity index (χ3v) is 3.45. The van der Waals surface area contributed by atoms with E-state index in [1.54, 1.807) is 4.68 Å². The summed E-state index contributed by atoms with van der Waals surface area (Å²) in [6.07, 6.45) is 7.51. The van der Waals surface area contributed by atoms with E-state index >= 15 is 0 Å². The minimum atomic E-state index is -0.0342. The van der Waals surface area contributed by atoms with Crippen LogP contribution in [0.25, 0.3) is 0 Å². The van der Waals surface area contributed by atoms with E-state index in [-0.39, 0.29) is 5.91 Å². The van der Waals surface area contributed by atoms with Crippen molar-refractivity contribution in [1.29, 1.82) is 0 Å². The van der Waals surface area contributed by atoms with Crippen molar-refractivity contribution < 1.29 is 4.79 Å². The summed E-state index contributed by atoms with van der Waals surface area (Å²) in [4.78, 5) is 12.2. The molecule has 2 aromatic rings. The SMILES string of the molecule is CCCn1cc(Br)cc1C(=O)NCCc1cnn(C)c1. The van der Waals surface area contributed by atoms with Crippen molar-refractivity contribution in [3.63, 3.8) is 0 Å². The number of halogens is 1. The van der Waals surface area contributed by atoms with Gasteiger partial charge in [0.05, 0.1) is 6.20 Å². The van der Waals surface area contributed by atoms with E-state index in [4.69, 9.17) is 0 Å². The topological polar surface area (TPSA) is 51.9 Å². The Morgan fingerprint density at radius 2 is 2.25 bits per heavy atom. The van der Waals surface area contributed by atoms with Crippen LogP contribution in [-0.4, -0.2) is 26.8 Å². The number of rotatable bonds is 6. The first-order chi connectivity index (χ1) is 9.60. The van der Waals surface area contributed by atoms with Gasteiger partial charge in [0.2, 0.25) is 0 Å². The second-order valence-corrected chi connectivity index (χ2v) is 5.68. The highest BCUT2D eigenvalue weighted by Gasteiger charge is 2.12. The molecule has 2 aromatic heterocycles. The van der Waals surface area contributed by atoms with Crippen LogP contribution in [-0.2, 0) is 20.0 Å².